The van der Waals surface area contributed by atoms with Crippen LogP contribution < -0.4 is 0 Å². The summed E-state index contributed by atoms with van der Waals surface area (Å²) in [6.45, 7) is 0. The van der Waals surface area contributed by atoms with Gasteiger partial charge in [-0.25, -0.2) is 14.5 Å². The summed E-state index contributed by atoms with van der Waals surface area (Å²) in [4.78, 5) is 10.6. The van der Waals surface area contributed by atoms with Gasteiger partial charge in [0, 0.05) is 54.7 Å². The highest BCUT2D eigenvalue weighted by atomic mass is 15.3. The number of para-hydroxylation sites is 4. The van der Waals surface area contributed by atoms with Gasteiger partial charge in [-0.1, -0.05) is 133 Å². The van der Waals surface area contributed by atoms with E-state index in [2.05, 4.69) is 156 Å². The molecule has 5 nitrogen and oxygen atoms in total. The van der Waals surface area contributed by atoms with Crippen LogP contribution in [0.25, 0.3) is 99.5 Å². The van der Waals surface area contributed by atoms with Crippen molar-refractivity contribution in [2.45, 2.75) is 0 Å². The van der Waals surface area contributed by atoms with Crippen molar-refractivity contribution >= 4 is 59.9 Å². The first-order chi connectivity index (χ1) is 25.8. The number of nitrogens with zero attached hydrogens (tertiary/aromatic N) is 5. The molecule has 0 aliphatic rings. The quantitative estimate of drug-likeness (QED) is 0.176. The number of aromatic nitrogens is 5. The molecule has 0 saturated carbocycles. The van der Waals surface area contributed by atoms with E-state index < -0.39 is 0 Å². The molecular formula is C47H29N5. The first-order valence-corrected chi connectivity index (χ1v) is 17.5. The molecule has 0 spiro atoms. The molecule has 0 amide bonds. The fourth-order valence-electron chi connectivity index (χ4n) is 7.98. The van der Waals surface area contributed by atoms with Crippen molar-refractivity contribution in [1.29, 1.82) is 0 Å². The van der Waals surface area contributed by atoms with E-state index in [4.69, 9.17) is 15.1 Å². The van der Waals surface area contributed by atoms with Gasteiger partial charge >= 0.3 is 0 Å². The summed E-state index contributed by atoms with van der Waals surface area (Å²) in [6, 6.07) is 61.8. The highest BCUT2D eigenvalue weighted by Gasteiger charge is 2.21. The maximum absolute atomic E-state index is 5.38. The number of hydrogen-bond donors (Lipinski definition) is 0. The zero-order valence-corrected chi connectivity index (χ0v) is 28.0. The second-order valence-corrected chi connectivity index (χ2v) is 13.3. The summed E-state index contributed by atoms with van der Waals surface area (Å²) in [7, 11) is 0. The van der Waals surface area contributed by atoms with Gasteiger partial charge in [-0.3, -0.25) is 0 Å². The number of hydrogen-bond acceptors (Lipinski definition) is 3. The van der Waals surface area contributed by atoms with E-state index in [0.717, 1.165) is 72.3 Å². The Morgan fingerprint density at radius 1 is 0.404 bits per heavy atom. The van der Waals surface area contributed by atoms with Crippen LogP contribution in [0.1, 0.15) is 0 Å². The Balaban J connectivity index is 1.20. The molecule has 0 unspecified atom stereocenters. The van der Waals surface area contributed by atoms with Gasteiger partial charge < -0.3 is 4.57 Å². The lowest BCUT2D eigenvalue weighted by molar-refractivity contribution is 0.949. The van der Waals surface area contributed by atoms with E-state index in [1.165, 1.54) is 27.2 Å². The van der Waals surface area contributed by atoms with Gasteiger partial charge in [-0.05, 0) is 42.5 Å². The minimum atomic E-state index is 0.786. The molecular weight excluding hydrogens is 635 g/mol. The average molecular weight is 664 g/mol. The Morgan fingerprint density at radius 2 is 1.04 bits per heavy atom. The third-order valence-corrected chi connectivity index (χ3v) is 10.3. The van der Waals surface area contributed by atoms with Crippen molar-refractivity contribution in [3.05, 3.63) is 176 Å². The summed E-state index contributed by atoms with van der Waals surface area (Å²) in [6.07, 6.45) is 0. The molecule has 0 aliphatic carbocycles. The van der Waals surface area contributed by atoms with Crippen molar-refractivity contribution < 1.29 is 0 Å². The Bertz CT molecular complexity index is 3180. The Hall–Kier alpha value is -7.11. The normalized spacial score (nSPS) is 11.8. The van der Waals surface area contributed by atoms with E-state index >= 15 is 0 Å². The van der Waals surface area contributed by atoms with Crippen LogP contribution in [0.15, 0.2) is 176 Å². The van der Waals surface area contributed by atoms with Crippen LogP contribution >= 0.6 is 0 Å². The maximum Gasteiger partial charge on any atom is 0.161 e. The van der Waals surface area contributed by atoms with E-state index in [-0.39, 0.29) is 0 Å². The molecule has 7 aromatic carbocycles. The molecule has 5 heteroatoms. The van der Waals surface area contributed by atoms with E-state index in [1.54, 1.807) is 0 Å². The SMILES string of the molecule is c1ccc(-c2cc3c4ccccc4nc(-c4cccc(-c5nc6ccccc6c6c5ccc5c7ccccc7n(-c7ccccc7)c56)c4)n3n2)cc1. The molecule has 0 radical (unpaired) electrons. The lowest BCUT2D eigenvalue weighted by Crippen LogP contribution is -2.00. The van der Waals surface area contributed by atoms with Crippen molar-refractivity contribution in [1.82, 2.24) is 24.1 Å². The zero-order valence-electron chi connectivity index (χ0n) is 28.0. The molecule has 0 fully saturated rings. The largest absolute Gasteiger partial charge is 0.309 e. The predicted octanol–water partition coefficient (Wildman–Crippen LogP) is 11.7. The number of rotatable bonds is 4. The fourth-order valence-corrected chi connectivity index (χ4v) is 7.98. The van der Waals surface area contributed by atoms with Gasteiger partial charge in [0.25, 0.3) is 0 Å². The van der Waals surface area contributed by atoms with Gasteiger partial charge in [-0.15, -0.1) is 0 Å². The smallest absolute Gasteiger partial charge is 0.161 e. The first kappa shape index (κ1) is 28.7. The van der Waals surface area contributed by atoms with E-state index in [9.17, 15) is 0 Å². The van der Waals surface area contributed by atoms with Gasteiger partial charge in [0.15, 0.2) is 5.82 Å². The van der Waals surface area contributed by atoms with E-state index in [1.807, 2.05) is 28.8 Å². The third-order valence-electron chi connectivity index (χ3n) is 10.3. The molecule has 4 heterocycles. The zero-order chi connectivity index (χ0) is 34.2. The van der Waals surface area contributed by atoms with Gasteiger partial charge in [0.1, 0.15) is 0 Å². The molecule has 0 bridgehead atoms. The third kappa shape index (κ3) is 4.26. The van der Waals surface area contributed by atoms with Crippen LogP contribution in [0.3, 0.4) is 0 Å². The molecule has 0 aliphatic heterocycles. The molecule has 242 valence electrons. The molecule has 0 saturated heterocycles. The summed E-state index contributed by atoms with van der Waals surface area (Å²) in [5.41, 5.74) is 11.3. The lowest BCUT2D eigenvalue weighted by atomic mass is 9.96. The standard InChI is InChI=1S/C47H29N5/c1-3-14-30(15-4-1)41-29-43-36-21-7-10-23-39(36)49-47(52(43)50-41)32-17-13-16-31(28-32)45-38-27-26-35-34-20-9-12-25-42(34)51(33-18-5-2-6-19-33)46(35)44(38)37-22-8-11-24-40(37)48-45/h1-29H. The van der Waals surface area contributed by atoms with Gasteiger partial charge in [0.05, 0.1) is 39.0 Å². The molecule has 4 aromatic heterocycles. The minimum Gasteiger partial charge on any atom is -0.309 e. The van der Waals surface area contributed by atoms with E-state index in [0.29, 0.717) is 0 Å². The summed E-state index contributed by atoms with van der Waals surface area (Å²) in [5.74, 6) is 0.786. The summed E-state index contributed by atoms with van der Waals surface area (Å²) in [5, 5.41) is 12.1. The number of pyridine rings is 1. The van der Waals surface area contributed by atoms with Crippen LogP contribution in [0.2, 0.25) is 0 Å². The second kappa shape index (κ2) is 11.2. The first-order valence-electron chi connectivity index (χ1n) is 17.5. The number of benzene rings is 7. The Kier molecular flexibility index (Phi) is 6.18. The predicted molar refractivity (Wildman–Crippen MR) is 214 cm³/mol. The topological polar surface area (TPSA) is 48.0 Å². The Labute approximate surface area is 298 Å². The van der Waals surface area contributed by atoms with Crippen molar-refractivity contribution in [3.63, 3.8) is 0 Å². The summed E-state index contributed by atoms with van der Waals surface area (Å²) >= 11 is 0. The van der Waals surface area contributed by atoms with Crippen molar-refractivity contribution in [2.24, 2.45) is 0 Å². The van der Waals surface area contributed by atoms with Crippen LogP contribution in [0.4, 0.5) is 0 Å². The van der Waals surface area contributed by atoms with Crippen molar-refractivity contribution in [3.8, 4) is 39.6 Å². The lowest BCUT2D eigenvalue weighted by Gasteiger charge is -2.15. The highest BCUT2D eigenvalue weighted by molar-refractivity contribution is 6.27. The monoisotopic (exact) mass is 663 g/mol. The van der Waals surface area contributed by atoms with Crippen LogP contribution in [-0.2, 0) is 0 Å². The molecule has 11 rings (SSSR count). The highest BCUT2D eigenvalue weighted by Crippen LogP contribution is 2.42. The fraction of sp³-hybridized carbons (Fsp3) is 0. The molecule has 52 heavy (non-hydrogen) atoms. The van der Waals surface area contributed by atoms with Crippen molar-refractivity contribution in [2.75, 3.05) is 0 Å². The van der Waals surface area contributed by atoms with Gasteiger partial charge in [-0.2, -0.15) is 5.10 Å². The van der Waals surface area contributed by atoms with Gasteiger partial charge in [0.2, 0.25) is 0 Å². The van der Waals surface area contributed by atoms with Crippen LogP contribution in [0.5, 0.6) is 0 Å². The average Bonchev–Trinajstić information content (AvgIpc) is 3.82. The van der Waals surface area contributed by atoms with Crippen LogP contribution in [-0.4, -0.2) is 24.1 Å². The molecule has 11 aromatic rings. The number of fused-ring (bicyclic) bond motifs is 10. The second-order valence-electron chi connectivity index (χ2n) is 13.3. The minimum absolute atomic E-state index is 0.786. The molecule has 0 N–H and O–H groups in total. The Morgan fingerprint density at radius 3 is 1.87 bits per heavy atom. The molecule has 0 atom stereocenters. The maximum atomic E-state index is 5.38. The van der Waals surface area contributed by atoms with Crippen LogP contribution in [0, 0.1) is 0 Å². The summed E-state index contributed by atoms with van der Waals surface area (Å²) < 4.78 is 4.41.